The van der Waals surface area contributed by atoms with Gasteiger partial charge in [0.2, 0.25) is 0 Å². The van der Waals surface area contributed by atoms with E-state index in [4.69, 9.17) is 9.47 Å². The van der Waals surface area contributed by atoms with Gasteiger partial charge in [-0.2, -0.15) is 0 Å². The van der Waals surface area contributed by atoms with Gasteiger partial charge in [-0.15, -0.1) is 0 Å². The van der Waals surface area contributed by atoms with Gasteiger partial charge in [0.25, 0.3) is 5.91 Å². The average Bonchev–Trinajstić information content (AvgIpc) is 3.19. The second-order valence-electron chi connectivity index (χ2n) is 6.96. The predicted octanol–water partition coefficient (Wildman–Crippen LogP) is 3.10. The Balaban J connectivity index is 1.68. The minimum atomic E-state index is -0.543. The van der Waals surface area contributed by atoms with Crippen LogP contribution in [0.15, 0.2) is 30.3 Å². The molecule has 1 saturated carbocycles. The summed E-state index contributed by atoms with van der Waals surface area (Å²) in [4.78, 5) is 26.6. The van der Waals surface area contributed by atoms with Gasteiger partial charge in [0.1, 0.15) is 0 Å². The zero-order valence-corrected chi connectivity index (χ0v) is 14.9. The zero-order chi connectivity index (χ0) is 17.6. The van der Waals surface area contributed by atoms with E-state index < -0.39 is 6.10 Å². The van der Waals surface area contributed by atoms with E-state index in [0.29, 0.717) is 25.9 Å². The fraction of sp³-hybridized carbons (Fsp3) is 0.600. The lowest BCUT2D eigenvalue weighted by molar-refractivity contribution is -0.154. The highest BCUT2D eigenvalue weighted by atomic mass is 16.5. The second-order valence-corrected chi connectivity index (χ2v) is 6.96. The molecule has 2 fully saturated rings. The summed E-state index contributed by atoms with van der Waals surface area (Å²) >= 11 is 0. The number of benzene rings is 1. The molecule has 0 radical (unpaired) electrons. The summed E-state index contributed by atoms with van der Waals surface area (Å²) < 4.78 is 11.0. The summed E-state index contributed by atoms with van der Waals surface area (Å²) in [6.07, 6.45) is 5.34. The summed E-state index contributed by atoms with van der Waals surface area (Å²) in [6.45, 7) is 1.16. The van der Waals surface area contributed by atoms with Crippen molar-refractivity contribution in [2.45, 2.75) is 50.7 Å². The van der Waals surface area contributed by atoms with Crippen LogP contribution >= 0.6 is 0 Å². The molecular formula is C20H27NO4. The number of carbonyl (C=O) groups excluding carboxylic acids is 2. The molecule has 0 bridgehead atoms. The van der Waals surface area contributed by atoms with Crippen molar-refractivity contribution in [1.82, 2.24) is 4.90 Å². The number of hydrogen-bond acceptors (Lipinski definition) is 4. The maximum Gasteiger partial charge on any atom is 0.308 e. The standard InChI is InChI=1S/C20H27NO4/c1-24-20(23)16-11-13-21(14-12-16)19(22)18(15-7-3-2-4-8-15)25-17-9-5-6-10-17/h2-4,7-8,16-18H,5-6,9-14H2,1H3/t18-/m1/s1. The molecule has 0 N–H and O–H groups in total. The first-order valence-electron chi connectivity index (χ1n) is 9.26. The molecule has 3 rings (SSSR count). The van der Waals surface area contributed by atoms with Crippen LogP contribution in [-0.2, 0) is 19.1 Å². The summed E-state index contributed by atoms with van der Waals surface area (Å²) in [5, 5.41) is 0. The van der Waals surface area contributed by atoms with Crippen LogP contribution in [0.4, 0.5) is 0 Å². The predicted molar refractivity (Wildman–Crippen MR) is 93.8 cm³/mol. The minimum Gasteiger partial charge on any atom is -0.469 e. The molecule has 1 aromatic rings. The van der Waals surface area contributed by atoms with E-state index in [1.165, 1.54) is 20.0 Å². The molecule has 2 aliphatic rings. The zero-order valence-electron chi connectivity index (χ0n) is 14.9. The second kappa shape index (κ2) is 8.48. The average molecular weight is 345 g/mol. The highest BCUT2D eigenvalue weighted by Crippen LogP contribution is 2.30. The monoisotopic (exact) mass is 345 g/mol. The molecule has 1 atom stereocenters. The maximum atomic E-state index is 13.1. The quantitative estimate of drug-likeness (QED) is 0.770. The molecule has 136 valence electrons. The van der Waals surface area contributed by atoms with E-state index in [1.54, 1.807) is 0 Å². The van der Waals surface area contributed by atoms with Gasteiger partial charge in [-0.25, -0.2) is 0 Å². The fourth-order valence-corrected chi connectivity index (χ4v) is 3.79. The number of nitrogens with zero attached hydrogens (tertiary/aromatic N) is 1. The SMILES string of the molecule is COC(=O)C1CCN(C(=O)[C@H](OC2CCCC2)c2ccccc2)CC1. The summed E-state index contributed by atoms with van der Waals surface area (Å²) in [5.74, 6) is -0.254. The number of amides is 1. The number of likely N-dealkylation sites (tertiary alicyclic amines) is 1. The van der Waals surface area contributed by atoms with Crippen molar-refractivity contribution in [3.63, 3.8) is 0 Å². The topological polar surface area (TPSA) is 55.8 Å². The van der Waals surface area contributed by atoms with E-state index >= 15 is 0 Å². The Morgan fingerprint density at radius 2 is 1.68 bits per heavy atom. The van der Waals surface area contributed by atoms with E-state index in [2.05, 4.69) is 0 Å². The van der Waals surface area contributed by atoms with Gasteiger partial charge in [0, 0.05) is 13.1 Å². The fourth-order valence-electron chi connectivity index (χ4n) is 3.79. The van der Waals surface area contributed by atoms with Crippen molar-refractivity contribution in [2.24, 2.45) is 5.92 Å². The number of methoxy groups -OCH3 is 1. The molecule has 0 aromatic heterocycles. The number of esters is 1. The Hall–Kier alpha value is -1.88. The molecule has 5 nitrogen and oxygen atoms in total. The Morgan fingerprint density at radius 1 is 1.04 bits per heavy atom. The van der Waals surface area contributed by atoms with E-state index in [-0.39, 0.29) is 23.9 Å². The first-order chi connectivity index (χ1) is 12.2. The summed E-state index contributed by atoms with van der Waals surface area (Å²) in [6, 6.07) is 9.74. The van der Waals surface area contributed by atoms with E-state index in [0.717, 1.165) is 18.4 Å². The third-order valence-corrected chi connectivity index (χ3v) is 5.30. The van der Waals surface area contributed by atoms with Crippen molar-refractivity contribution >= 4 is 11.9 Å². The van der Waals surface area contributed by atoms with Crippen LogP contribution in [-0.4, -0.2) is 43.1 Å². The molecule has 0 unspecified atom stereocenters. The van der Waals surface area contributed by atoms with Crippen LogP contribution in [0.3, 0.4) is 0 Å². The van der Waals surface area contributed by atoms with Crippen molar-refractivity contribution < 1.29 is 19.1 Å². The summed E-state index contributed by atoms with van der Waals surface area (Å²) in [5.41, 5.74) is 0.912. The van der Waals surface area contributed by atoms with Crippen LogP contribution in [0.1, 0.15) is 50.2 Å². The molecule has 0 spiro atoms. The Labute approximate surface area is 149 Å². The van der Waals surface area contributed by atoms with Crippen LogP contribution < -0.4 is 0 Å². The number of hydrogen-bond donors (Lipinski definition) is 0. The Morgan fingerprint density at radius 3 is 2.28 bits per heavy atom. The lowest BCUT2D eigenvalue weighted by Crippen LogP contribution is -2.43. The first kappa shape index (κ1) is 17.9. The Bertz CT molecular complexity index is 575. The van der Waals surface area contributed by atoms with Crippen molar-refractivity contribution in [2.75, 3.05) is 20.2 Å². The number of piperidine rings is 1. The van der Waals surface area contributed by atoms with E-state index in [9.17, 15) is 9.59 Å². The molecule has 1 aromatic carbocycles. The largest absolute Gasteiger partial charge is 0.469 e. The smallest absolute Gasteiger partial charge is 0.308 e. The lowest BCUT2D eigenvalue weighted by atomic mass is 9.96. The van der Waals surface area contributed by atoms with Crippen molar-refractivity contribution in [1.29, 1.82) is 0 Å². The van der Waals surface area contributed by atoms with Crippen molar-refractivity contribution in [3.05, 3.63) is 35.9 Å². The molecule has 1 amide bonds. The van der Waals surface area contributed by atoms with Crippen LogP contribution in [0.25, 0.3) is 0 Å². The third-order valence-electron chi connectivity index (χ3n) is 5.30. The lowest BCUT2D eigenvalue weighted by Gasteiger charge is -2.34. The third kappa shape index (κ3) is 4.40. The van der Waals surface area contributed by atoms with E-state index in [1.807, 2.05) is 35.2 Å². The molecule has 25 heavy (non-hydrogen) atoms. The molecule has 1 heterocycles. The molecule has 5 heteroatoms. The van der Waals surface area contributed by atoms with Gasteiger partial charge < -0.3 is 14.4 Å². The van der Waals surface area contributed by atoms with Gasteiger partial charge >= 0.3 is 5.97 Å². The highest BCUT2D eigenvalue weighted by molar-refractivity contribution is 5.83. The molecule has 1 saturated heterocycles. The van der Waals surface area contributed by atoms with Crippen LogP contribution in [0, 0.1) is 5.92 Å². The van der Waals surface area contributed by atoms with Gasteiger partial charge in [-0.1, -0.05) is 43.2 Å². The highest BCUT2D eigenvalue weighted by Gasteiger charge is 2.34. The number of ether oxygens (including phenoxy) is 2. The molecule has 1 aliphatic carbocycles. The number of carbonyl (C=O) groups is 2. The van der Waals surface area contributed by atoms with Crippen LogP contribution in [0.2, 0.25) is 0 Å². The van der Waals surface area contributed by atoms with Crippen LogP contribution in [0.5, 0.6) is 0 Å². The van der Waals surface area contributed by atoms with Gasteiger partial charge in [0.05, 0.1) is 19.1 Å². The summed E-state index contributed by atoms with van der Waals surface area (Å²) in [7, 11) is 1.42. The van der Waals surface area contributed by atoms with Crippen molar-refractivity contribution in [3.8, 4) is 0 Å². The molecule has 1 aliphatic heterocycles. The Kier molecular flexibility index (Phi) is 6.08. The first-order valence-corrected chi connectivity index (χ1v) is 9.26. The number of rotatable bonds is 5. The van der Waals surface area contributed by atoms with Gasteiger partial charge in [-0.05, 0) is 31.2 Å². The maximum absolute atomic E-state index is 13.1. The molecular weight excluding hydrogens is 318 g/mol. The minimum absolute atomic E-state index is 0.0152. The normalized spacial score (nSPS) is 20.4. The van der Waals surface area contributed by atoms with Gasteiger partial charge in [-0.3, -0.25) is 9.59 Å². The van der Waals surface area contributed by atoms with Gasteiger partial charge in [0.15, 0.2) is 6.10 Å².